The van der Waals surface area contributed by atoms with Gasteiger partial charge in [0.25, 0.3) is 0 Å². The summed E-state index contributed by atoms with van der Waals surface area (Å²) in [6.45, 7) is 14.9. The van der Waals surface area contributed by atoms with Crippen LogP contribution in [0.2, 0.25) is 0 Å². The van der Waals surface area contributed by atoms with Crippen molar-refractivity contribution in [2.75, 3.05) is 13.1 Å². The first-order chi connectivity index (χ1) is 22.0. The van der Waals surface area contributed by atoms with Gasteiger partial charge in [0.15, 0.2) is 5.82 Å². The molecule has 5 rings (SSSR count). The van der Waals surface area contributed by atoms with E-state index in [1.54, 1.807) is 63.6 Å². The number of ether oxygens (including phenoxy) is 1. The Kier molecular flexibility index (Phi) is 9.50. The second kappa shape index (κ2) is 13.1. The third-order valence-electron chi connectivity index (χ3n) is 7.93. The number of hydrogen-bond acceptors (Lipinski definition) is 7. The number of nitrogens with one attached hydrogen (secondary N) is 2. The first-order valence-electron chi connectivity index (χ1n) is 15.9. The Labute approximate surface area is 273 Å². The van der Waals surface area contributed by atoms with Crippen LogP contribution in [0.25, 0.3) is 33.9 Å². The van der Waals surface area contributed by atoms with Crippen LogP contribution in [0.5, 0.6) is 0 Å². The van der Waals surface area contributed by atoms with Gasteiger partial charge in [0.05, 0.1) is 24.5 Å². The maximum absolute atomic E-state index is 14.1. The molecule has 0 saturated carbocycles. The molecule has 4 aromatic rings. The SMILES string of the molecule is CCCN(Cc1nc(-c2ccc(-c3ncc(-c4cnc([C@@H]5CCCN5C(C)(C)C)[nH]4)cn3)cc2)c(C(F)(F)F)[nH]1)C(=O)OC(C)(C)C. The van der Waals surface area contributed by atoms with E-state index in [2.05, 4.69) is 55.6 Å². The number of halogens is 3. The number of benzene rings is 1. The van der Waals surface area contributed by atoms with Gasteiger partial charge in [-0.15, -0.1) is 0 Å². The van der Waals surface area contributed by atoms with Crippen molar-refractivity contribution in [1.82, 2.24) is 39.7 Å². The van der Waals surface area contributed by atoms with Gasteiger partial charge in [-0.2, -0.15) is 13.2 Å². The third-order valence-corrected chi connectivity index (χ3v) is 7.93. The molecule has 2 N–H and O–H groups in total. The molecule has 1 fully saturated rings. The van der Waals surface area contributed by atoms with Crippen molar-refractivity contribution in [3.63, 3.8) is 0 Å². The number of nitrogens with zero attached hydrogens (tertiary/aromatic N) is 6. The average Bonchev–Trinajstić information content (AvgIpc) is 3.76. The molecule has 4 heterocycles. The fourth-order valence-electron chi connectivity index (χ4n) is 5.82. The van der Waals surface area contributed by atoms with Crippen molar-refractivity contribution >= 4 is 6.09 Å². The first-order valence-corrected chi connectivity index (χ1v) is 15.9. The Morgan fingerprint density at radius 2 is 1.62 bits per heavy atom. The van der Waals surface area contributed by atoms with Gasteiger partial charge in [0.2, 0.25) is 0 Å². The van der Waals surface area contributed by atoms with E-state index in [0.29, 0.717) is 24.4 Å². The van der Waals surface area contributed by atoms with Crippen molar-refractivity contribution in [3.05, 3.63) is 60.2 Å². The Balaban J connectivity index is 1.33. The summed E-state index contributed by atoms with van der Waals surface area (Å²) >= 11 is 0. The summed E-state index contributed by atoms with van der Waals surface area (Å²) in [5.74, 6) is 1.37. The van der Waals surface area contributed by atoms with Gasteiger partial charge in [-0.05, 0) is 67.3 Å². The van der Waals surface area contributed by atoms with Crippen molar-refractivity contribution in [2.24, 2.45) is 0 Å². The topological polar surface area (TPSA) is 116 Å². The van der Waals surface area contributed by atoms with Crippen LogP contribution in [0.15, 0.2) is 42.9 Å². The Morgan fingerprint density at radius 3 is 2.21 bits per heavy atom. The molecule has 1 atom stereocenters. The number of aromatic nitrogens is 6. The molecule has 1 amide bonds. The summed E-state index contributed by atoms with van der Waals surface area (Å²) in [6.07, 6.45) is 2.68. The Morgan fingerprint density at radius 1 is 0.957 bits per heavy atom. The van der Waals surface area contributed by atoms with E-state index >= 15 is 0 Å². The lowest BCUT2D eigenvalue weighted by Crippen LogP contribution is -2.40. The first kappa shape index (κ1) is 34.1. The summed E-state index contributed by atoms with van der Waals surface area (Å²) in [5.41, 5.74) is 0.572. The summed E-state index contributed by atoms with van der Waals surface area (Å²) in [7, 11) is 0. The number of alkyl halides is 3. The van der Waals surface area contributed by atoms with Gasteiger partial charge in [-0.3, -0.25) is 4.90 Å². The molecule has 13 heteroatoms. The van der Waals surface area contributed by atoms with E-state index in [9.17, 15) is 18.0 Å². The zero-order valence-corrected chi connectivity index (χ0v) is 28.0. The van der Waals surface area contributed by atoms with Gasteiger partial charge in [-0.1, -0.05) is 31.2 Å². The van der Waals surface area contributed by atoms with Gasteiger partial charge in [-0.25, -0.2) is 24.7 Å². The molecule has 0 spiro atoms. The van der Waals surface area contributed by atoms with Crippen LogP contribution in [-0.2, 0) is 17.5 Å². The monoisotopic (exact) mass is 652 g/mol. The predicted molar refractivity (Wildman–Crippen MR) is 173 cm³/mol. The quantitative estimate of drug-likeness (QED) is 0.198. The van der Waals surface area contributed by atoms with Crippen molar-refractivity contribution in [2.45, 2.75) is 97.6 Å². The van der Waals surface area contributed by atoms with E-state index in [1.807, 2.05) is 6.92 Å². The predicted octanol–water partition coefficient (Wildman–Crippen LogP) is 8.03. The molecule has 0 radical (unpaired) electrons. The van der Waals surface area contributed by atoms with Gasteiger partial charge < -0.3 is 19.6 Å². The normalized spacial score (nSPS) is 16.1. The van der Waals surface area contributed by atoms with Crippen LogP contribution in [-0.4, -0.2) is 70.0 Å². The molecule has 0 aliphatic carbocycles. The van der Waals surface area contributed by atoms with Crippen molar-refractivity contribution in [3.8, 4) is 33.9 Å². The van der Waals surface area contributed by atoms with Crippen molar-refractivity contribution in [1.29, 1.82) is 0 Å². The summed E-state index contributed by atoms with van der Waals surface area (Å²) in [4.78, 5) is 40.3. The second-order valence-electron chi connectivity index (χ2n) is 13.9. The van der Waals surface area contributed by atoms with Gasteiger partial charge >= 0.3 is 12.3 Å². The minimum absolute atomic E-state index is 0.00985. The highest BCUT2D eigenvalue weighted by molar-refractivity contribution is 5.69. The van der Waals surface area contributed by atoms with Crippen LogP contribution in [0, 0.1) is 0 Å². The number of aromatic amines is 2. The van der Waals surface area contributed by atoms with E-state index in [4.69, 9.17) is 4.74 Å². The molecule has 1 saturated heterocycles. The fourth-order valence-corrected chi connectivity index (χ4v) is 5.82. The van der Waals surface area contributed by atoms with E-state index in [-0.39, 0.29) is 35.2 Å². The maximum Gasteiger partial charge on any atom is 0.433 e. The molecule has 47 heavy (non-hydrogen) atoms. The van der Waals surface area contributed by atoms with Crippen LogP contribution >= 0.6 is 0 Å². The zero-order chi connectivity index (χ0) is 34.1. The van der Waals surface area contributed by atoms with E-state index in [0.717, 1.165) is 36.5 Å². The molecule has 1 aliphatic heterocycles. The largest absolute Gasteiger partial charge is 0.444 e. The molecular weight excluding hydrogens is 609 g/mol. The number of carbonyl (C=O) groups is 1. The molecule has 1 aliphatic rings. The fraction of sp³-hybridized carbons (Fsp3) is 0.500. The molecule has 252 valence electrons. The summed E-state index contributed by atoms with van der Waals surface area (Å²) in [6, 6.07) is 6.68. The Hall–Kier alpha value is -4.26. The number of hydrogen-bond donors (Lipinski definition) is 2. The van der Waals surface area contributed by atoms with Crippen LogP contribution in [0.3, 0.4) is 0 Å². The zero-order valence-electron chi connectivity index (χ0n) is 28.0. The molecule has 3 aromatic heterocycles. The minimum Gasteiger partial charge on any atom is -0.444 e. The highest BCUT2D eigenvalue weighted by Gasteiger charge is 2.38. The van der Waals surface area contributed by atoms with Gasteiger partial charge in [0.1, 0.15) is 28.6 Å². The summed E-state index contributed by atoms with van der Waals surface area (Å²) in [5, 5.41) is 0. The molecular formula is C34H43F3N8O2. The lowest BCUT2D eigenvalue weighted by Gasteiger charge is -2.36. The lowest BCUT2D eigenvalue weighted by molar-refractivity contribution is -0.140. The number of likely N-dealkylation sites (tertiary alicyclic amines) is 1. The number of carbonyl (C=O) groups excluding carboxylic acids is 1. The minimum atomic E-state index is -4.69. The third kappa shape index (κ3) is 8.01. The number of imidazole rings is 2. The van der Waals surface area contributed by atoms with Crippen LogP contribution in [0.4, 0.5) is 18.0 Å². The number of H-pyrrole nitrogens is 2. The maximum atomic E-state index is 14.1. The summed E-state index contributed by atoms with van der Waals surface area (Å²) < 4.78 is 47.7. The lowest BCUT2D eigenvalue weighted by atomic mass is 10.0. The average molecular weight is 653 g/mol. The molecule has 10 nitrogen and oxygen atoms in total. The smallest absolute Gasteiger partial charge is 0.433 e. The van der Waals surface area contributed by atoms with Gasteiger partial charge in [0, 0.05) is 41.2 Å². The van der Waals surface area contributed by atoms with Crippen molar-refractivity contribution < 1.29 is 22.7 Å². The van der Waals surface area contributed by atoms with Crippen LogP contribution in [0.1, 0.15) is 91.1 Å². The number of amides is 1. The van der Waals surface area contributed by atoms with E-state index in [1.165, 1.54) is 4.90 Å². The Bertz CT molecular complexity index is 1670. The second-order valence-corrected chi connectivity index (χ2v) is 13.9. The standard InChI is InChI=1S/C34H43F3N8O2/c1-8-15-44(31(46)47-33(5,6)7)20-26-42-27(28(43-26)34(35,36)37)21-11-13-22(14-12-21)29-38-17-23(18-39-29)24-19-40-30(41-24)25-10-9-16-45(25)32(2,3)4/h11-14,17-19,25H,8-10,15-16,20H2,1-7H3,(H,40,41)(H,42,43)/t25-/m0/s1. The molecule has 0 unspecified atom stereocenters. The molecule has 1 aromatic carbocycles. The highest BCUT2D eigenvalue weighted by Crippen LogP contribution is 2.38. The number of rotatable bonds is 8. The van der Waals surface area contributed by atoms with Crippen LogP contribution < -0.4 is 0 Å². The highest BCUT2D eigenvalue weighted by atomic mass is 19.4. The molecule has 0 bridgehead atoms. The van der Waals surface area contributed by atoms with E-state index < -0.39 is 23.6 Å².